The zero-order valence-corrected chi connectivity index (χ0v) is 12.6. The molecule has 2 aromatic rings. The summed E-state index contributed by atoms with van der Waals surface area (Å²) in [5, 5.41) is 6.22. The van der Waals surface area contributed by atoms with Crippen LogP contribution in [0.3, 0.4) is 0 Å². The number of anilines is 1. The minimum Gasteiger partial charge on any atom is -0.480 e. The summed E-state index contributed by atoms with van der Waals surface area (Å²) in [5.41, 5.74) is 3.04. The molecule has 0 saturated carbocycles. The number of ether oxygens (including phenoxy) is 1. The number of rotatable bonds is 5. The van der Waals surface area contributed by atoms with E-state index < -0.39 is 6.10 Å². The van der Waals surface area contributed by atoms with E-state index in [1.165, 1.54) is 0 Å². The molecule has 3 rings (SSSR count). The molecule has 1 unspecified atom stereocenters. The fourth-order valence-corrected chi connectivity index (χ4v) is 2.58. The Morgan fingerprint density at radius 1 is 1.23 bits per heavy atom. The third kappa shape index (κ3) is 3.28. The van der Waals surface area contributed by atoms with Gasteiger partial charge in [0.15, 0.2) is 6.10 Å². The SMILES string of the molecule is CCNCc1cccc(NC(=O)C2Cc3ccccc3O2)c1. The van der Waals surface area contributed by atoms with Gasteiger partial charge in [-0.2, -0.15) is 0 Å². The molecule has 0 aromatic heterocycles. The molecule has 4 nitrogen and oxygen atoms in total. The molecular formula is C18H20N2O2. The highest BCUT2D eigenvalue weighted by atomic mass is 16.5. The molecule has 1 atom stereocenters. The Balaban J connectivity index is 1.63. The number of carbonyl (C=O) groups is 1. The minimum atomic E-state index is -0.449. The molecule has 22 heavy (non-hydrogen) atoms. The first kappa shape index (κ1) is 14.6. The highest BCUT2D eigenvalue weighted by Crippen LogP contribution is 2.28. The van der Waals surface area contributed by atoms with Gasteiger partial charge < -0.3 is 15.4 Å². The molecule has 0 bridgehead atoms. The second-order valence-electron chi connectivity index (χ2n) is 5.39. The van der Waals surface area contributed by atoms with Gasteiger partial charge in [0.05, 0.1) is 0 Å². The summed E-state index contributed by atoms with van der Waals surface area (Å²) in [7, 11) is 0. The Morgan fingerprint density at radius 3 is 2.91 bits per heavy atom. The Kier molecular flexibility index (Phi) is 4.39. The molecule has 114 valence electrons. The van der Waals surface area contributed by atoms with Crippen LogP contribution in [0, 0.1) is 0 Å². The zero-order valence-electron chi connectivity index (χ0n) is 12.6. The van der Waals surface area contributed by atoms with Crippen LogP contribution in [0.1, 0.15) is 18.1 Å². The third-order valence-corrected chi connectivity index (χ3v) is 3.71. The smallest absolute Gasteiger partial charge is 0.265 e. The standard InChI is InChI=1S/C18H20N2O2/c1-2-19-12-13-6-5-8-15(10-13)20-18(21)17-11-14-7-3-4-9-16(14)22-17/h3-10,17,19H,2,11-12H2,1H3,(H,20,21). The lowest BCUT2D eigenvalue weighted by molar-refractivity contribution is -0.122. The number of benzene rings is 2. The minimum absolute atomic E-state index is 0.100. The monoisotopic (exact) mass is 296 g/mol. The molecule has 0 spiro atoms. The summed E-state index contributed by atoms with van der Waals surface area (Å²) in [5.74, 6) is 0.709. The van der Waals surface area contributed by atoms with E-state index in [9.17, 15) is 4.79 Å². The topological polar surface area (TPSA) is 50.4 Å². The van der Waals surface area contributed by atoms with E-state index in [4.69, 9.17) is 4.74 Å². The first-order valence-corrected chi connectivity index (χ1v) is 7.61. The molecule has 0 aliphatic carbocycles. The average Bonchev–Trinajstić information content (AvgIpc) is 2.97. The summed E-state index contributed by atoms with van der Waals surface area (Å²) >= 11 is 0. The number of para-hydroxylation sites is 1. The predicted molar refractivity (Wildman–Crippen MR) is 87.0 cm³/mol. The highest BCUT2D eigenvalue weighted by Gasteiger charge is 2.28. The number of hydrogen-bond acceptors (Lipinski definition) is 3. The molecule has 1 aliphatic rings. The van der Waals surface area contributed by atoms with E-state index in [0.29, 0.717) is 6.42 Å². The quantitative estimate of drug-likeness (QED) is 0.892. The number of carbonyl (C=O) groups excluding carboxylic acids is 1. The number of hydrogen-bond donors (Lipinski definition) is 2. The van der Waals surface area contributed by atoms with Gasteiger partial charge in [0.1, 0.15) is 5.75 Å². The van der Waals surface area contributed by atoms with Crippen molar-refractivity contribution in [3.8, 4) is 5.75 Å². The van der Waals surface area contributed by atoms with Crippen molar-refractivity contribution < 1.29 is 9.53 Å². The molecule has 2 aromatic carbocycles. The van der Waals surface area contributed by atoms with Gasteiger partial charge in [-0.1, -0.05) is 37.3 Å². The molecule has 1 heterocycles. The van der Waals surface area contributed by atoms with Crippen LogP contribution in [-0.4, -0.2) is 18.6 Å². The van der Waals surface area contributed by atoms with Gasteiger partial charge in [-0.15, -0.1) is 0 Å². The summed E-state index contributed by atoms with van der Waals surface area (Å²) in [6.45, 7) is 3.79. The highest BCUT2D eigenvalue weighted by molar-refractivity contribution is 5.95. The molecule has 0 fully saturated rings. The van der Waals surface area contributed by atoms with Gasteiger partial charge in [-0.25, -0.2) is 0 Å². The normalized spacial score (nSPS) is 16.0. The van der Waals surface area contributed by atoms with Gasteiger partial charge in [0.2, 0.25) is 0 Å². The Labute approximate surface area is 130 Å². The van der Waals surface area contributed by atoms with Crippen molar-refractivity contribution in [2.75, 3.05) is 11.9 Å². The lowest BCUT2D eigenvalue weighted by Crippen LogP contribution is -2.31. The van der Waals surface area contributed by atoms with E-state index in [-0.39, 0.29) is 5.91 Å². The fourth-order valence-electron chi connectivity index (χ4n) is 2.58. The fraction of sp³-hybridized carbons (Fsp3) is 0.278. The van der Waals surface area contributed by atoms with Crippen molar-refractivity contribution in [2.24, 2.45) is 0 Å². The molecule has 1 aliphatic heterocycles. The Bertz CT molecular complexity index is 645. The molecule has 0 saturated heterocycles. The Morgan fingerprint density at radius 2 is 2.09 bits per heavy atom. The van der Waals surface area contributed by atoms with Gasteiger partial charge >= 0.3 is 0 Å². The lowest BCUT2D eigenvalue weighted by atomic mass is 10.1. The number of fused-ring (bicyclic) bond motifs is 1. The van der Waals surface area contributed by atoms with Crippen LogP contribution in [0.15, 0.2) is 48.5 Å². The number of amides is 1. The van der Waals surface area contributed by atoms with Gasteiger partial charge in [-0.3, -0.25) is 4.79 Å². The average molecular weight is 296 g/mol. The summed E-state index contributed by atoms with van der Waals surface area (Å²) in [6, 6.07) is 15.7. The second kappa shape index (κ2) is 6.62. The molecular weight excluding hydrogens is 276 g/mol. The first-order valence-electron chi connectivity index (χ1n) is 7.61. The van der Waals surface area contributed by atoms with Crippen LogP contribution in [-0.2, 0) is 17.8 Å². The predicted octanol–water partition coefficient (Wildman–Crippen LogP) is 2.74. The second-order valence-corrected chi connectivity index (χ2v) is 5.39. The molecule has 4 heteroatoms. The molecule has 2 N–H and O–H groups in total. The van der Waals surface area contributed by atoms with Crippen LogP contribution in [0.4, 0.5) is 5.69 Å². The van der Waals surface area contributed by atoms with Crippen molar-refractivity contribution >= 4 is 11.6 Å². The number of nitrogens with one attached hydrogen (secondary N) is 2. The van der Waals surface area contributed by atoms with Crippen molar-refractivity contribution in [3.63, 3.8) is 0 Å². The lowest BCUT2D eigenvalue weighted by Gasteiger charge is -2.12. The van der Waals surface area contributed by atoms with E-state index in [0.717, 1.165) is 35.7 Å². The Hall–Kier alpha value is -2.33. The zero-order chi connectivity index (χ0) is 15.4. The largest absolute Gasteiger partial charge is 0.480 e. The van der Waals surface area contributed by atoms with Gasteiger partial charge in [0.25, 0.3) is 5.91 Å². The van der Waals surface area contributed by atoms with E-state index >= 15 is 0 Å². The van der Waals surface area contributed by atoms with Crippen LogP contribution >= 0.6 is 0 Å². The van der Waals surface area contributed by atoms with E-state index in [1.807, 2.05) is 48.5 Å². The molecule has 1 amide bonds. The summed E-state index contributed by atoms with van der Waals surface area (Å²) in [6.07, 6.45) is 0.175. The summed E-state index contributed by atoms with van der Waals surface area (Å²) < 4.78 is 5.71. The maximum Gasteiger partial charge on any atom is 0.265 e. The van der Waals surface area contributed by atoms with E-state index in [2.05, 4.69) is 17.6 Å². The van der Waals surface area contributed by atoms with Crippen LogP contribution in [0.5, 0.6) is 5.75 Å². The van der Waals surface area contributed by atoms with Crippen molar-refractivity contribution in [1.29, 1.82) is 0 Å². The van der Waals surface area contributed by atoms with Gasteiger partial charge in [0, 0.05) is 18.7 Å². The van der Waals surface area contributed by atoms with Gasteiger partial charge in [-0.05, 0) is 35.9 Å². The summed E-state index contributed by atoms with van der Waals surface area (Å²) in [4.78, 5) is 12.4. The van der Waals surface area contributed by atoms with Crippen LogP contribution in [0.2, 0.25) is 0 Å². The maximum atomic E-state index is 12.4. The molecule has 0 radical (unpaired) electrons. The van der Waals surface area contributed by atoms with Crippen LogP contribution < -0.4 is 15.4 Å². The third-order valence-electron chi connectivity index (χ3n) is 3.71. The van der Waals surface area contributed by atoms with E-state index in [1.54, 1.807) is 0 Å². The first-order chi connectivity index (χ1) is 10.8. The van der Waals surface area contributed by atoms with Crippen molar-refractivity contribution in [2.45, 2.75) is 26.0 Å². The van der Waals surface area contributed by atoms with Crippen molar-refractivity contribution in [1.82, 2.24) is 5.32 Å². The maximum absolute atomic E-state index is 12.4. The van der Waals surface area contributed by atoms with Crippen molar-refractivity contribution in [3.05, 3.63) is 59.7 Å². The van der Waals surface area contributed by atoms with Crippen LogP contribution in [0.25, 0.3) is 0 Å².